The quantitative estimate of drug-likeness (QED) is 0.644. The smallest absolute Gasteiger partial charge is 0.355 e. The number of ether oxygens (including phenoxy) is 1. The molecular weight excluding hydrogens is 408 g/mol. The summed E-state index contributed by atoms with van der Waals surface area (Å²) in [5.74, 6) is -1.96. The summed E-state index contributed by atoms with van der Waals surface area (Å²) in [6, 6.07) is 11.7. The number of thioether (sulfide) groups is 1. The maximum atomic E-state index is 12.7. The lowest BCUT2D eigenvalue weighted by molar-refractivity contribution is -0.170. The molecule has 156 valence electrons. The van der Waals surface area contributed by atoms with Gasteiger partial charge in [0.05, 0.1) is 23.8 Å². The number of amides is 3. The van der Waals surface area contributed by atoms with Crippen LogP contribution >= 0.6 is 11.8 Å². The number of hydroxylamine groups is 2. The van der Waals surface area contributed by atoms with Gasteiger partial charge < -0.3 is 14.9 Å². The van der Waals surface area contributed by atoms with Crippen LogP contribution in [0.2, 0.25) is 0 Å². The molecule has 1 heterocycles. The summed E-state index contributed by atoms with van der Waals surface area (Å²) in [6.07, 6.45) is 2.11. The lowest BCUT2D eigenvalue weighted by atomic mass is 10.1. The summed E-state index contributed by atoms with van der Waals surface area (Å²) in [6.45, 7) is 0. The van der Waals surface area contributed by atoms with E-state index >= 15 is 0 Å². The van der Waals surface area contributed by atoms with Crippen LogP contribution in [-0.2, 0) is 9.63 Å². The second-order valence-corrected chi connectivity index (χ2v) is 7.35. The van der Waals surface area contributed by atoms with Gasteiger partial charge in [-0.15, -0.1) is 0 Å². The minimum Gasteiger partial charge on any atom is -0.496 e. The number of hydrogen-bond donors (Lipinski definition) is 1. The van der Waals surface area contributed by atoms with Crippen molar-refractivity contribution in [3.63, 3.8) is 0 Å². The molecule has 0 aromatic heterocycles. The Hall–Kier alpha value is -3.33. The van der Waals surface area contributed by atoms with Gasteiger partial charge in [0.2, 0.25) is 0 Å². The van der Waals surface area contributed by atoms with E-state index in [4.69, 9.17) is 9.57 Å². The largest absolute Gasteiger partial charge is 0.496 e. The monoisotopic (exact) mass is 428 g/mol. The molecule has 0 fully saturated rings. The Labute approximate surface area is 177 Å². The van der Waals surface area contributed by atoms with Crippen molar-refractivity contribution in [2.24, 2.45) is 0 Å². The van der Waals surface area contributed by atoms with Crippen molar-refractivity contribution in [2.45, 2.75) is 12.5 Å². The number of rotatable bonds is 8. The van der Waals surface area contributed by atoms with E-state index in [1.807, 2.05) is 6.26 Å². The number of hydrogen-bond acceptors (Lipinski definition) is 7. The van der Waals surface area contributed by atoms with Crippen molar-refractivity contribution in [1.29, 1.82) is 0 Å². The summed E-state index contributed by atoms with van der Waals surface area (Å²) in [7, 11) is 1.44. The van der Waals surface area contributed by atoms with Crippen LogP contribution in [0.15, 0.2) is 48.5 Å². The molecule has 1 N–H and O–H groups in total. The lowest BCUT2D eigenvalue weighted by Gasteiger charge is -2.20. The summed E-state index contributed by atoms with van der Waals surface area (Å²) in [5, 5.41) is 3.05. The van der Waals surface area contributed by atoms with E-state index in [0.29, 0.717) is 16.6 Å². The fourth-order valence-electron chi connectivity index (χ4n) is 2.96. The molecule has 1 unspecified atom stereocenters. The van der Waals surface area contributed by atoms with E-state index in [1.54, 1.807) is 36.4 Å². The van der Waals surface area contributed by atoms with Crippen LogP contribution in [0.1, 0.15) is 37.5 Å². The van der Waals surface area contributed by atoms with Crippen LogP contribution in [0.25, 0.3) is 0 Å². The molecule has 0 spiro atoms. The number of nitrogens with one attached hydrogen (secondary N) is 1. The van der Waals surface area contributed by atoms with Crippen molar-refractivity contribution in [3.8, 4) is 5.75 Å². The van der Waals surface area contributed by atoms with Crippen molar-refractivity contribution in [2.75, 3.05) is 19.1 Å². The highest BCUT2D eigenvalue weighted by Gasteiger charge is 2.40. The first-order chi connectivity index (χ1) is 14.5. The highest BCUT2D eigenvalue weighted by atomic mass is 32.2. The minimum atomic E-state index is -1.06. The second kappa shape index (κ2) is 9.45. The second-order valence-electron chi connectivity index (χ2n) is 6.37. The molecule has 0 bridgehead atoms. The van der Waals surface area contributed by atoms with Crippen LogP contribution in [0, 0.1) is 0 Å². The van der Waals surface area contributed by atoms with Gasteiger partial charge in [0, 0.05) is 0 Å². The van der Waals surface area contributed by atoms with Crippen molar-refractivity contribution < 1.29 is 28.8 Å². The normalized spacial score (nSPS) is 13.6. The van der Waals surface area contributed by atoms with E-state index in [-0.39, 0.29) is 23.1 Å². The van der Waals surface area contributed by atoms with Gasteiger partial charge in [0.1, 0.15) is 11.8 Å². The van der Waals surface area contributed by atoms with Gasteiger partial charge >= 0.3 is 5.97 Å². The van der Waals surface area contributed by atoms with Crippen LogP contribution in [0.5, 0.6) is 5.75 Å². The number of fused-ring (bicyclic) bond motifs is 1. The van der Waals surface area contributed by atoms with Gasteiger partial charge in [-0.1, -0.05) is 29.3 Å². The third-order valence-corrected chi connectivity index (χ3v) is 5.13. The summed E-state index contributed by atoms with van der Waals surface area (Å²) in [5.41, 5.74) is 0.575. The van der Waals surface area contributed by atoms with Gasteiger partial charge in [-0.05, 0) is 42.7 Å². The van der Waals surface area contributed by atoms with Gasteiger partial charge in [0.15, 0.2) is 0 Å². The number of imide groups is 1. The zero-order valence-electron chi connectivity index (χ0n) is 16.4. The maximum Gasteiger partial charge on any atom is 0.355 e. The average Bonchev–Trinajstić information content (AvgIpc) is 3.01. The molecular formula is C21H20N2O6S. The number of methoxy groups -OCH3 is 1. The molecule has 9 heteroatoms. The molecule has 1 aliphatic heterocycles. The van der Waals surface area contributed by atoms with Crippen LogP contribution < -0.4 is 10.1 Å². The highest BCUT2D eigenvalue weighted by Crippen LogP contribution is 2.23. The van der Waals surface area contributed by atoms with Crippen molar-refractivity contribution in [1.82, 2.24) is 10.4 Å². The fourth-order valence-corrected chi connectivity index (χ4v) is 3.43. The molecule has 2 aromatic carbocycles. The first-order valence-corrected chi connectivity index (χ1v) is 10.5. The van der Waals surface area contributed by atoms with Gasteiger partial charge in [0.25, 0.3) is 17.7 Å². The number of para-hydroxylation sites is 1. The fraction of sp³-hybridized carbons (Fsp3) is 0.238. The third kappa shape index (κ3) is 4.30. The molecule has 0 aliphatic carbocycles. The number of carbonyl (C=O) groups excluding carboxylic acids is 4. The Morgan fingerprint density at radius 1 is 1.03 bits per heavy atom. The maximum absolute atomic E-state index is 12.7. The molecule has 3 amide bonds. The summed E-state index contributed by atoms with van der Waals surface area (Å²) < 4.78 is 5.18. The zero-order chi connectivity index (χ0) is 21.7. The highest BCUT2D eigenvalue weighted by molar-refractivity contribution is 7.98. The molecule has 30 heavy (non-hydrogen) atoms. The Morgan fingerprint density at radius 2 is 1.63 bits per heavy atom. The number of nitrogens with zero attached hydrogens (tertiary/aromatic N) is 1. The van der Waals surface area contributed by atoms with E-state index in [1.165, 1.54) is 31.0 Å². The topological polar surface area (TPSA) is 102 Å². The summed E-state index contributed by atoms with van der Waals surface area (Å²) >= 11 is 1.48. The first kappa shape index (κ1) is 21.4. The average molecular weight is 428 g/mol. The van der Waals surface area contributed by atoms with E-state index in [0.717, 1.165) is 0 Å². The molecule has 1 aliphatic rings. The molecule has 2 aromatic rings. The molecule has 0 saturated carbocycles. The Balaban J connectivity index is 1.75. The van der Waals surface area contributed by atoms with E-state index < -0.39 is 29.7 Å². The number of benzene rings is 2. The van der Waals surface area contributed by atoms with E-state index in [2.05, 4.69) is 5.32 Å². The Kier molecular flexibility index (Phi) is 6.73. The first-order valence-electron chi connectivity index (χ1n) is 9.10. The minimum absolute atomic E-state index is 0.161. The van der Waals surface area contributed by atoms with Crippen LogP contribution in [-0.4, -0.2) is 53.9 Å². The Bertz CT molecular complexity index is 958. The number of carbonyl (C=O) groups is 4. The van der Waals surface area contributed by atoms with Crippen LogP contribution in [0.4, 0.5) is 0 Å². The molecule has 1 atom stereocenters. The summed E-state index contributed by atoms with van der Waals surface area (Å²) in [4.78, 5) is 55.4. The molecule has 8 nitrogen and oxygen atoms in total. The molecule has 3 rings (SSSR count). The molecule has 0 radical (unpaired) electrons. The standard InChI is InChI=1S/C21H20N2O6S/c1-28-17-10-6-5-9-15(17)18(24)22-16(11-12-30-2)21(27)29-23-19(25)13-7-3-4-8-14(13)20(23)26/h3-10,16H,11-12H2,1-2H3,(H,22,24). The third-order valence-electron chi connectivity index (χ3n) is 4.49. The predicted octanol–water partition coefficient (Wildman–Crippen LogP) is 2.30. The Morgan fingerprint density at radius 3 is 2.23 bits per heavy atom. The van der Waals surface area contributed by atoms with Crippen molar-refractivity contribution >= 4 is 35.5 Å². The van der Waals surface area contributed by atoms with Crippen molar-refractivity contribution in [3.05, 3.63) is 65.2 Å². The lowest BCUT2D eigenvalue weighted by Crippen LogP contribution is -2.45. The van der Waals surface area contributed by atoms with Crippen LogP contribution in [0.3, 0.4) is 0 Å². The van der Waals surface area contributed by atoms with Gasteiger partial charge in [-0.3, -0.25) is 14.4 Å². The van der Waals surface area contributed by atoms with Gasteiger partial charge in [-0.25, -0.2) is 4.79 Å². The van der Waals surface area contributed by atoms with E-state index in [9.17, 15) is 19.2 Å². The zero-order valence-corrected chi connectivity index (χ0v) is 17.2. The predicted molar refractivity (Wildman–Crippen MR) is 110 cm³/mol. The SMILES string of the molecule is COc1ccccc1C(=O)NC(CCSC)C(=O)ON1C(=O)c2ccccc2C1=O. The molecule has 0 saturated heterocycles. The van der Waals surface area contributed by atoms with Gasteiger partial charge in [-0.2, -0.15) is 11.8 Å².